The molecule has 4 nitrogen and oxygen atoms in total. The second-order valence-electron chi connectivity index (χ2n) is 4.38. The van der Waals surface area contributed by atoms with Crippen molar-refractivity contribution in [3.63, 3.8) is 0 Å². The zero-order valence-electron chi connectivity index (χ0n) is 10.9. The molecule has 1 aromatic carbocycles. The van der Waals surface area contributed by atoms with Crippen molar-refractivity contribution in [2.75, 3.05) is 0 Å². The van der Waals surface area contributed by atoms with Gasteiger partial charge in [-0.3, -0.25) is 0 Å². The van der Waals surface area contributed by atoms with Crippen LogP contribution in [0.5, 0.6) is 0 Å². The lowest BCUT2D eigenvalue weighted by molar-refractivity contribution is -0.130. The molecule has 6 heteroatoms. The average molecular weight is 322 g/mol. The number of carbonyl (C=O) groups is 1. The van der Waals surface area contributed by atoms with Gasteiger partial charge in [0.15, 0.2) is 11.6 Å². The average Bonchev–Trinajstić information content (AvgIpc) is 2.97. The Hall–Kier alpha value is -2.04. The van der Waals surface area contributed by atoms with E-state index in [9.17, 15) is 4.79 Å². The van der Waals surface area contributed by atoms with E-state index in [1.807, 2.05) is 0 Å². The quantitative estimate of drug-likeness (QED) is 0.601. The van der Waals surface area contributed by atoms with Crippen molar-refractivity contribution < 1.29 is 13.9 Å². The summed E-state index contributed by atoms with van der Waals surface area (Å²) in [5.74, 6) is 0.894. The molecule has 0 atom stereocenters. The maximum atomic E-state index is 11.5. The first-order chi connectivity index (χ1) is 10.0. The van der Waals surface area contributed by atoms with E-state index in [-0.39, 0.29) is 5.70 Å². The highest BCUT2D eigenvalue weighted by atomic mass is 35.5. The van der Waals surface area contributed by atoms with Gasteiger partial charge in [0, 0.05) is 23.6 Å². The van der Waals surface area contributed by atoms with Crippen LogP contribution in [0.25, 0.3) is 17.4 Å². The van der Waals surface area contributed by atoms with Gasteiger partial charge >= 0.3 is 5.97 Å². The van der Waals surface area contributed by atoms with E-state index in [1.54, 1.807) is 37.3 Å². The minimum atomic E-state index is -0.491. The van der Waals surface area contributed by atoms with Crippen LogP contribution in [0.2, 0.25) is 10.0 Å². The normalized spacial score (nSPS) is 16.2. The largest absolute Gasteiger partial charge is 0.457 e. The van der Waals surface area contributed by atoms with Gasteiger partial charge in [-0.15, -0.1) is 0 Å². The number of carbonyl (C=O) groups excluding carboxylic acids is 1. The fraction of sp³-hybridized carbons (Fsp3) is 0.0667. The number of nitrogens with zero attached hydrogens (tertiary/aromatic N) is 1. The van der Waals surface area contributed by atoms with Crippen molar-refractivity contribution in [2.24, 2.45) is 4.99 Å². The molecule has 2 aromatic rings. The smallest absolute Gasteiger partial charge is 0.363 e. The molecule has 0 spiro atoms. The molecule has 0 aliphatic carbocycles. The van der Waals surface area contributed by atoms with Gasteiger partial charge in [-0.1, -0.05) is 23.2 Å². The topological polar surface area (TPSA) is 51.8 Å². The number of furan rings is 1. The van der Waals surface area contributed by atoms with Gasteiger partial charge in [0.1, 0.15) is 11.5 Å². The van der Waals surface area contributed by atoms with Gasteiger partial charge in [-0.2, -0.15) is 0 Å². The third-order valence-corrected chi connectivity index (χ3v) is 3.38. The number of hydrogen-bond acceptors (Lipinski definition) is 4. The Labute approximate surface area is 130 Å². The highest BCUT2D eigenvalue weighted by molar-refractivity contribution is 6.36. The minimum absolute atomic E-state index is 0.204. The molecule has 2 heterocycles. The van der Waals surface area contributed by atoms with Crippen molar-refractivity contribution in [3.05, 3.63) is 51.8 Å². The molecule has 106 valence electrons. The molecule has 0 saturated carbocycles. The second kappa shape index (κ2) is 5.39. The van der Waals surface area contributed by atoms with E-state index in [4.69, 9.17) is 32.4 Å². The lowest BCUT2D eigenvalue weighted by atomic mass is 10.2. The molecule has 0 unspecified atom stereocenters. The number of esters is 1. The highest BCUT2D eigenvalue weighted by Gasteiger charge is 2.20. The summed E-state index contributed by atoms with van der Waals surface area (Å²) in [6.45, 7) is 1.61. The minimum Gasteiger partial charge on any atom is -0.457 e. The third-order valence-electron chi connectivity index (χ3n) is 2.83. The van der Waals surface area contributed by atoms with E-state index in [2.05, 4.69) is 4.99 Å². The Bertz CT molecular complexity index is 790. The van der Waals surface area contributed by atoms with Gasteiger partial charge in [0.2, 0.25) is 0 Å². The Kier molecular flexibility index (Phi) is 3.57. The van der Waals surface area contributed by atoms with Crippen LogP contribution in [0, 0.1) is 0 Å². The van der Waals surface area contributed by atoms with Crippen LogP contribution in [0.4, 0.5) is 0 Å². The second-order valence-corrected chi connectivity index (χ2v) is 5.22. The fourth-order valence-electron chi connectivity index (χ4n) is 1.91. The third kappa shape index (κ3) is 2.86. The van der Waals surface area contributed by atoms with Gasteiger partial charge in [-0.05, 0) is 30.3 Å². The number of cyclic esters (lactones) is 1. The summed E-state index contributed by atoms with van der Waals surface area (Å²) in [5, 5.41) is 1.04. The van der Waals surface area contributed by atoms with Gasteiger partial charge in [-0.25, -0.2) is 9.79 Å². The zero-order valence-corrected chi connectivity index (χ0v) is 12.4. The van der Waals surface area contributed by atoms with Crippen LogP contribution in [-0.2, 0) is 9.53 Å². The first-order valence-electron chi connectivity index (χ1n) is 6.07. The lowest BCUT2D eigenvalue weighted by Crippen LogP contribution is -1.99. The molecule has 0 saturated heterocycles. The highest BCUT2D eigenvalue weighted by Crippen LogP contribution is 2.32. The molecule has 1 aromatic heterocycles. The van der Waals surface area contributed by atoms with E-state index in [1.165, 1.54) is 6.08 Å². The molecule has 0 fully saturated rings. The number of rotatable bonds is 2. The van der Waals surface area contributed by atoms with Crippen LogP contribution in [0.15, 0.2) is 45.4 Å². The van der Waals surface area contributed by atoms with Crippen LogP contribution in [-0.4, -0.2) is 11.9 Å². The number of hydrogen-bond donors (Lipinski definition) is 0. The predicted octanol–water partition coefficient (Wildman–Crippen LogP) is 4.57. The number of benzene rings is 1. The van der Waals surface area contributed by atoms with Crippen molar-refractivity contribution in [2.45, 2.75) is 6.92 Å². The number of halogens is 2. The monoisotopic (exact) mass is 321 g/mol. The predicted molar refractivity (Wildman–Crippen MR) is 81.3 cm³/mol. The lowest BCUT2D eigenvalue weighted by Gasteiger charge is -2.00. The Balaban J connectivity index is 1.94. The molecule has 0 amide bonds. The van der Waals surface area contributed by atoms with Crippen LogP contribution < -0.4 is 0 Å². The molecule has 21 heavy (non-hydrogen) atoms. The van der Waals surface area contributed by atoms with Crippen molar-refractivity contribution in [3.8, 4) is 11.3 Å². The summed E-state index contributed by atoms with van der Waals surface area (Å²) in [6.07, 6.45) is 1.52. The summed E-state index contributed by atoms with van der Waals surface area (Å²) < 4.78 is 10.5. The Morgan fingerprint density at radius 3 is 2.67 bits per heavy atom. The molecule has 0 radical (unpaired) electrons. The van der Waals surface area contributed by atoms with Gasteiger partial charge in [0.25, 0.3) is 0 Å². The Morgan fingerprint density at radius 1 is 1.19 bits per heavy atom. The van der Waals surface area contributed by atoms with E-state index >= 15 is 0 Å². The van der Waals surface area contributed by atoms with Crippen molar-refractivity contribution >= 4 is 41.1 Å². The molecular formula is C15H9Cl2NO3. The van der Waals surface area contributed by atoms with E-state index in [0.717, 1.165) is 5.56 Å². The standard InChI is InChI=1S/C15H9Cl2NO3/c1-8-18-13(15(19)20-8)7-10-3-5-14(21-10)11-4-2-9(16)6-12(11)17/h2-7H,1H3/b13-7+. The molecule has 3 rings (SSSR count). The molecule has 0 N–H and O–H groups in total. The number of ether oxygens (including phenoxy) is 1. The molecular weight excluding hydrogens is 313 g/mol. The molecule has 1 aliphatic rings. The summed E-state index contributed by atoms with van der Waals surface area (Å²) in [5.41, 5.74) is 0.926. The summed E-state index contributed by atoms with van der Waals surface area (Å²) in [7, 11) is 0. The van der Waals surface area contributed by atoms with Crippen LogP contribution >= 0.6 is 23.2 Å². The fourth-order valence-corrected chi connectivity index (χ4v) is 2.42. The SMILES string of the molecule is CC1=N/C(=C/c2ccc(-c3ccc(Cl)cc3Cl)o2)C(=O)O1. The molecule has 1 aliphatic heterocycles. The summed E-state index contributed by atoms with van der Waals surface area (Å²) in [4.78, 5) is 15.5. The van der Waals surface area contributed by atoms with Crippen molar-refractivity contribution in [1.29, 1.82) is 0 Å². The molecule has 0 bridgehead atoms. The summed E-state index contributed by atoms with van der Waals surface area (Å²) >= 11 is 12.0. The summed E-state index contributed by atoms with van der Waals surface area (Å²) in [6, 6.07) is 8.63. The van der Waals surface area contributed by atoms with Crippen molar-refractivity contribution in [1.82, 2.24) is 0 Å². The van der Waals surface area contributed by atoms with E-state index < -0.39 is 5.97 Å². The maximum Gasteiger partial charge on any atom is 0.363 e. The van der Waals surface area contributed by atoms with Crippen LogP contribution in [0.1, 0.15) is 12.7 Å². The van der Waals surface area contributed by atoms with Gasteiger partial charge in [0.05, 0.1) is 5.02 Å². The van der Waals surface area contributed by atoms with Gasteiger partial charge < -0.3 is 9.15 Å². The maximum absolute atomic E-state index is 11.5. The first-order valence-corrected chi connectivity index (χ1v) is 6.83. The Morgan fingerprint density at radius 2 is 2.00 bits per heavy atom. The first kappa shape index (κ1) is 13.9. The number of aliphatic imine (C=N–C) groups is 1. The van der Waals surface area contributed by atoms with E-state index in [0.29, 0.717) is 27.5 Å². The van der Waals surface area contributed by atoms with Crippen LogP contribution in [0.3, 0.4) is 0 Å². The zero-order chi connectivity index (χ0) is 15.0.